The molecule has 1 aromatic rings. The van der Waals surface area contributed by atoms with Crippen molar-refractivity contribution >= 4 is 21.5 Å². The highest BCUT2D eigenvalue weighted by molar-refractivity contribution is 7.92. The first-order valence-corrected chi connectivity index (χ1v) is 7.37. The summed E-state index contributed by atoms with van der Waals surface area (Å²) in [5.41, 5.74) is 0.705. The van der Waals surface area contributed by atoms with E-state index in [4.69, 9.17) is 4.74 Å². The van der Waals surface area contributed by atoms with Gasteiger partial charge in [-0.05, 0) is 39.0 Å². The number of carbonyl (C=O) groups is 1. The molecule has 1 rings (SSSR count). The summed E-state index contributed by atoms with van der Waals surface area (Å²) in [6.07, 6.45) is 0.959. The van der Waals surface area contributed by atoms with Crippen molar-refractivity contribution in [1.82, 2.24) is 0 Å². The zero-order valence-electron chi connectivity index (χ0n) is 10.9. The maximum absolute atomic E-state index is 11.3. The smallest absolute Gasteiger partial charge is 0.229 e. The maximum Gasteiger partial charge on any atom is 0.229 e. The van der Waals surface area contributed by atoms with E-state index in [1.807, 2.05) is 13.8 Å². The van der Waals surface area contributed by atoms with Gasteiger partial charge < -0.3 is 4.74 Å². The molecule has 0 amide bonds. The van der Waals surface area contributed by atoms with Crippen molar-refractivity contribution in [2.75, 3.05) is 11.0 Å². The number of carbonyl (C=O) groups excluding carboxylic acids is 1. The molecule has 0 heterocycles. The fourth-order valence-corrected chi connectivity index (χ4v) is 1.94. The monoisotopic (exact) mass is 271 g/mol. The van der Waals surface area contributed by atoms with Gasteiger partial charge in [0.25, 0.3) is 0 Å². The summed E-state index contributed by atoms with van der Waals surface area (Å²) in [4.78, 5) is 11.3. The molecule has 0 aromatic heterocycles. The van der Waals surface area contributed by atoms with E-state index in [0.717, 1.165) is 6.26 Å². The van der Waals surface area contributed by atoms with Crippen molar-refractivity contribution in [3.05, 3.63) is 23.8 Å². The topological polar surface area (TPSA) is 72.5 Å². The second-order valence-corrected chi connectivity index (χ2v) is 6.06. The highest BCUT2D eigenvalue weighted by atomic mass is 32.2. The van der Waals surface area contributed by atoms with Crippen molar-refractivity contribution in [3.63, 3.8) is 0 Å². The van der Waals surface area contributed by atoms with E-state index in [0.29, 0.717) is 11.3 Å². The van der Waals surface area contributed by atoms with Gasteiger partial charge in [0.1, 0.15) is 5.75 Å². The Labute approximate surface area is 107 Å². The number of ether oxygens (including phenoxy) is 1. The predicted octanol–water partition coefficient (Wildman–Crippen LogP) is 2.05. The standard InChI is InChI=1S/C12H17NO4S/c1-8(2)17-12-6-5-10(9(3)14)7-11(12)13-18(4,15)16/h5-8,13H,1-4H3. The number of nitrogens with one attached hydrogen (secondary N) is 1. The Morgan fingerprint density at radius 2 is 1.94 bits per heavy atom. The number of sulfonamides is 1. The highest BCUT2D eigenvalue weighted by Gasteiger charge is 2.12. The minimum Gasteiger partial charge on any atom is -0.489 e. The quantitative estimate of drug-likeness (QED) is 0.832. The average Bonchev–Trinajstić information content (AvgIpc) is 2.17. The average molecular weight is 271 g/mol. The Bertz CT molecular complexity index is 549. The lowest BCUT2D eigenvalue weighted by Gasteiger charge is -2.15. The molecule has 0 bridgehead atoms. The van der Waals surface area contributed by atoms with Crippen LogP contribution < -0.4 is 9.46 Å². The summed E-state index contributed by atoms with van der Waals surface area (Å²) < 4.78 is 30.4. The van der Waals surface area contributed by atoms with Crippen LogP contribution in [0.15, 0.2) is 18.2 Å². The van der Waals surface area contributed by atoms with Gasteiger partial charge in [-0.3, -0.25) is 9.52 Å². The van der Waals surface area contributed by atoms with Crippen LogP contribution in [0.25, 0.3) is 0 Å². The summed E-state index contributed by atoms with van der Waals surface area (Å²) in [7, 11) is -3.42. The van der Waals surface area contributed by atoms with E-state index >= 15 is 0 Å². The first-order chi connectivity index (χ1) is 8.19. The number of hydrogen-bond donors (Lipinski definition) is 1. The van der Waals surface area contributed by atoms with Gasteiger partial charge in [0, 0.05) is 5.56 Å². The number of benzene rings is 1. The Morgan fingerprint density at radius 3 is 2.39 bits per heavy atom. The van der Waals surface area contributed by atoms with Gasteiger partial charge >= 0.3 is 0 Å². The molecule has 0 aliphatic carbocycles. The molecule has 0 saturated carbocycles. The van der Waals surface area contributed by atoms with Crippen LogP contribution in [0, 0.1) is 0 Å². The van der Waals surface area contributed by atoms with Crippen LogP contribution in [0.2, 0.25) is 0 Å². The van der Waals surface area contributed by atoms with Gasteiger partial charge in [0.15, 0.2) is 5.78 Å². The fourth-order valence-electron chi connectivity index (χ4n) is 1.39. The molecule has 5 nitrogen and oxygen atoms in total. The SMILES string of the molecule is CC(=O)c1ccc(OC(C)C)c(NS(C)(=O)=O)c1. The molecule has 0 aliphatic heterocycles. The molecule has 0 radical (unpaired) electrons. The van der Waals surface area contributed by atoms with Crippen LogP contribution in [-0.2, 0) is 10.0 Å². The molecule has 0 atom stereocenters. The van der Waals surface area contributed by atoms with E-state index in [1.165, 1.54) is 13.0 Å². The fraction of sp³-hybridized carbons (Fsp3) is 0.417. The van der Waals surface area contributed by atoms with Crippen LogP contribution in [0.3, 0.4) is 0 Å². The Morgan fingerprint density at radius 1 is 1.33 bits per heavy atom. The molecule has 0 saturated heterocycles. The second kappa shape index (κ2) is 5.39. The molecule has 100 valence electrons. The van der Waals surface area contributed by atoms with Gasteiger partial charge in [-0.2, -0.15) is 0 Å². The van der Waals surface area contributed by atoms with Crippen LogP contribution in [0.1, 0.15) is 31.1 Å². The molecule has 0 spiro atoms. The number of rotatable bonds is 5. The van der Waals surface area contributed by atoms with Gasteiger partial charge in [0.2, 0.25) is 10.0 Å². The van der Waals surface area contributed by atoms with Crippen molar-refractivity contribution in [3.8, 4) is 5.75 Å². The summed E-state index contributed by atoms with van der Waals surface area (Å²) in [5.74, 6) is 0.267. The molecular formula is C12H17NO4S. The maximum atomic E-state index is 11.3. The number of hydrogen-bond acceptors (Lipinski definition) is 4. The Hall–Kier alpha value is -1.56. The molecular weight excluding hydrogens is 254 g/mol. The minimum atomic E-state index is -3.42. The lowest BCUT2D eigenvalue weighted by molar-refractivity contribution is 0.101. The normalized spacial score (nSPS) is 11.4. The van der Waals surface area contributed by atoms with E-state index < -0.39 is 10.0 Å². The summed E-state index contributed by atoms with van der Waals surface area (Å²) >= 11 is 0. The lowest BCUT2D eigenvalue weighted by atomic mass is 10.1. The van der Waals surface area contributed by atoms with Crippen LogP contribution >= 0.6 is 0 Å². The first kappa shape index (κ1) is 14.5. The van der Waals surface area contributed by atoms with Crippen molar-refractivity contribution < 1.29 is 17.9 Å². The van der Waals surface area contributed by atoms with Crippen LogP contribution in [0.4, 0.5) is 5.69 Å². The van der Waals surface area contributed by atoms with Crippen molar-refractivity contribution in [2.45, 2.75) is 26.9 Å². The third-order valence-electron chi connectivity index (χ3n) is 2.04. The molecule has 0 aliphatic rings. The van der Waals surface area contributed by atoms with Crippen LogP contribution in [0.5, 0.6) is 5.75 Å². The van der Waals surface area contributed by atoms with Gasteiger partial charge in [-0.15, -0.1) is 0 Å². The Kier molecular flexibility index (Phi) is 4.34. The van der Waals surface area contributed by atoms with Crippen molar-refractivity contribution in [1.29, 1.82) is 0 Å². The van der Waals surface area contributed by atoms with E-state index in [9.17, 15) is 13.2 Å². The molecule has 1 aromatic carbocycles. The van der Waals surface area contributed by atoms with E-state index in [2.05, 4.69) is 4.72 Å². The molecule has 1 N–H and O–H groups in total. The van der Waals surface area contributed by atoms with Crippen molar-refractivity contribution in [2.24, 2.45) is 0 Å². The lowest BCUT2D eigenvalue weighted by Crippen LogP contribution is -2.13. The summed E-state index contributed by atoms with van der Waals surface area (Å²) in [6, 6.07) is 4.67. The molecule has 0 unspecified atom stereocenters. The summed E-state index contributed by atoms with van der Waals surface area (Å²) in [6.45, 7) is 5.09. The van der Waals surface area contributed by atoms with Gasteiger partial charge in [0.05, 0.1) is 18.0 Å². The zero-order valence-corrected chi connectivity index (χ0v) is 11.7. The third-order valence-corrected chi connectivity index (χ3v) is 2.63. The number of Topliss-reactive ketones (excluding diaryl/α,β-unsaturated/α-hetero) is 1. The number of ketones is 1. The first-order valence-electron chi connectivity index (χ1n) is 5.48. The largest absolute Gasteiger partial charge is 0.489 e. The van der Waals surface area contributed by atoms with Gasteiger partial charge in [-0.1, -0.05) is 0 Å². The van der Waals surface area contributed by atoms with Crippen LogP contribution in [-0.4, -0.2) is 26.6 Å². The third kappa shape index (κ3) is 4.37. The highest BCUT2D eigenvalue weighted by Crippen LogP contribution is 2.27. The second-order valence-electron chi connectivity index (χ2n) is 4.31. The molecule has 0 fully saturated rings. The minimum absolute atomic E-state index is 0.0895. The number of anilines is 1. The predicted molar refractivity (Wildman–Crippen MR) is 70.7 cm³/mol. The molecule has 6 heteroatoms. The van der Waals surface area contributed by atoms with E-state index in [1.54, 1.807) is 12.1 Å². The van der Waals surface area contributed by atoms with Gasteiger partial charge in [-0.25, -0.2) is 8.42 Å². The molecule has 18 heavy (non-hydrogen) atoms. The van der Waals surface area contributed by atoms with E-state index in [-0.39, 0.29) is 17.6 Å². The Balaban J connectivity index is 3.21. The zero-order chi connectivity index (χ0) is 13.9. The summed E-state index contributed by atoms with van der Waals surface area (Å²) in [5, 5.41) is 0.